The molecule has 0 aliphatic rings. The van der Waals surface area contributed by atoms with Gasteiger partial charge in [0.15, 0.2) is 0 Å². The highest BCUT2D eigenvalue weighted by Gasteiger charge is 2.26. The Hall–Kier alpha value is -1.76. The van der Waals surface area contributed by atoms with E-state index in [0.717, 1.165) is 12.1 Å². The van der Waals surface area contributed by atoms with E-state index in [1.54, 1.807) is 24.3 Å². The lowest BCUT2D eigenvalue weighted by molar-refractivity contribution is 0.0627. The third-order valence-corrected chi connectivity index (χ3v) is 4.99. The molecule has 0 saturated heterocycles. The van der Waals surface area contributed by atoms with Crippen molar-refractivity contribution in [1.29, 1.82) is 0 Å². The first-order valence-corrected chi connectivity index (χ1v) is 8.24. The van der Waals surface area contributed by atoms with Gasteiger partial charge in [-0.1, -0.05) is 30.3 Å². The van der Waals surface area contributed by atoms with Crippen molar-refractivity contribution in [3.63, 3.8) is 0 Å². The molecule has 0 spiro atoms. The van der Waals surface area contributed by atoms with Gasteiger partial charge in [0.25, 0.3) is 0 Å². The molecule has 22 heavy (non-hydrogen) atoms. The highest BCUT2D eigenvalue weighted by atomic mass is 32.2. The number of nitrogens with one attached hydrogen (secondary N) is 1. The highest BCUT2D eigenvalue weighted by molar-refractivity contribution is 7.89. The average Bonchev–Trinajstić information content (AvgIpc) is 2.46. The molecular formula is C16H18FNO3S. The van der Waals surface area contributed by atoms with E-state index in [-0.39, 0.29) is 11.4 Å². The van der Waals surface area contributed by atoms with E-state index in [1.807, 2.05) is 6.07 Å². The van der Waals surface area contributed by atoms with Gasteiger partial charge >= 0.3 is 0 Å². The zero-order chi connectivity index (χ0) is 16.4. The minimum absolute atomic E-state index is 0.00207. The van der Waals surface area contributed by atoms with Gasteiger partial charge in [0.1, 0.15) is 11.4 Å². The smallest absolute Gasteiger partial charge is 0.240 e. The maximum absolute atomic E-state index is 13.1. The van der Waals surface area contributed by atoms with Gasteiger partial charge in [-0.2, -0.15) is 0 Å². The third kappa shape index (κ3) is 3.71. The summed E-state index contributed by atoms with van der Waals surface area (Å²) in [5.74, 6) is -0.493. The van der Waals surface area contributed by atoms with Crippen LogP contribution in [0.15, 0.2) is 53.4 Å². The third-order valence-electron chi connectivity index (χ3n) is 3.43. The predicted octanol–water partition coefficient (Wildman–Crippen LogP) is 2.32. The molecule has 1 atom stereocenters. The molecular weight excluding hydrogens is 305 g/mol. The monoisotopic (exact) mass is 323 g/mol. The predicted molar refractivity (Wildman–Crippen MR) is 82.3 cm³/mol. The van der Waals surface area contributed by atoms with Gasteiger partial charge in [0, 0.05) is 6.54 Å². The molecule has 2 N–H and O–H groups in total. The second-order valence-electron chi connectivity index (χ2n) is 5.37. The summed E-state index contributed by atoms with van der Waals surface area (Å²) in [5, 5.41) is 10.4. The molecule has 2 rings (SSSR count). The second kappa shape index (κ2) is 6.16. The minimum atomic E-state index is -3.83. The van der Waals surface area contributed by atoms with Crippen molar-refractivity contribution in [2.75, 3.05) is 6.54 Å². The van der Waals surface area contributed by atoms with E-state index >= 15 is 0 Å². The van der Waals surface area contributed by atoms with Crippen LogP contribution in [-0.4, -0.2) is 20.1 Å². The van der Waals surface area contributed by atoms with Gasteiger partial charge in [0.2, 0.25) is 10.0 Å². The van der Waals surface area contributed by atoms with Crippen LogP contribution in [0, 0.1) is 12.7 Å². The fraction of sp³-hybridized carbons (Fsp3) is 0.250. The van der Waals surface area contributed by atoms with Crippen molar-refractivity contribution in [3.05, 3.63) is 65.5 Å². The van der Waals surface area contributed by atoms with Crippen LogP contribution in [-0.2, 0) is 15.6 Å². The first-order valence-electron chi connectivity index (χ1n) is 6.76. The van der Waals surface area contributed by atoms with E-state index in [4.69, 9.17) is 0 Å². The molecule has 0 aromatic heterocycles. The summed E-state index contributed by atoms with van der Waals surface area (Å²) in [5.41, 5.74) is -0.428. The molecule has 4 nitrogen and oxygen atoms in total. The molecule has 0 aliphatic carbocycles. The summed E-state index contributed by atoms with van der Waals surface area (Å²) < 4.78 is 40.0. The summed E-state index contributed by atoms with van der Waals surface area (Å²) in [6.45, 7) is 2.87. The fourth-order valence-electron chi connectivity index (χ4n) is 2.13. The summed E-state index contributed by atoms with van der Waals surface area (Å²) in [6.07, 6.45) is 0. The van der Waals surface area contributed by atoms with Gasteiger partial charge in [-0.05, 0) is 43.2 Å². The lowest BCUT2D eigenvalue weighted by Gasteiger charge is -2.24. The Bertz CT molecular complexity index is 758. The molecule has 0 fully saturated rings. The number of benzene rings is 2. The topological polar surface area (TPSA) is 66.4 Å². The number of hydrogen-bond acceptors (Lipinski definition) is 3. The van der Waals surface area contributed by atoms with Gasteiger partial charge in [-0.25, -0.2) is 17.5 Å². The number of hydrogen-bond donors (Lipinski definition) is 2. The Morgan fingerprint density at radius 3 is 2.41 bits per heavy atom. The maximum atomic E-state index is 13.1. The number of sulfonamides is 1. The Labute approximate surface area is 129 Å². The second-order valence-corrected chi connectivity index (χ2v) is 7.11. The van der Waals surface area contributed by atoms with E-state index in [0.29, 0.717) is 11.1 Å². The van der Waals surface area contributed by atoms with Crippen LogP contribution in [0.4, 0.5) is 4.39 Å². The number of halogens is 1. The molecule has 0 saturated carbocycles. The molecule has 118 valence electrons. The Kier molecular flexibility index (Phi) is 4.65. The molecule has 0 heterocycles. The summed E-state index contributed by atoms with van der Waals surface area (Å²) in [6, 6.07) is 12.2. The van der Waals surface area contributed by atoms with Crippen LogP contribution in [0.5, 0.6) is 0 Å². The zero-order valence-electron chi connectivity index (χ0n) is 12.4. The van der Waals surface area contributed by atoms with Crippen LogP contribution in [0.1, 0.15) is 18.1 Å². The molecule has 2 aromatic carbocycles. The zero-order valence-corrected chi connectivity index (χ0v) is 13.2. The van der Waals surface area contributed by atoms with Crippen molar-refractivity contribution < 1.29 is 17.9 Å². The number of aryl methyl sites for hydroxylation is 1. The van der Waals surface area contributed by atoms with Crippen molar-refractivity contribution in [3.8, 4) is 0 Å². The summed E-state index contributed by atoms with van der Waals surface area (Å²) >= 11 is 0. The van der Waals surface area contributed by atoms with Crippen LogP contribution < -0.4 is 4.72 Å². The summed E-state index contributed by atoms with van der Waals surface area (Å²) in [4.78, 5) is -0.00207. The van der Waals surface area contributed by atoms with Crippen LogP contribution in [0.3, 0.4) is 0 Å². The molecule has 0 radical (unpaired) electrons. The Morgan fingerprint density at radius 1 is 1.18 bits per heavy atom. The van der Waals surface area contributed by atoms with E-state index < -0.39 is 21.4 Å². The van der Waals surface area contributed by atoms with Crippen molar-refractivity contribution in [2.45, 2.75) is 24.3 Å². The summed E-state index contributed by atoms with van der Waals surface area (Å²) in [7, 11) is -3.83. The van der Waals surface area contributed by atoms with Crippen LogP contribution >= 0.6 is 0 Å². The average molecular weight is 323 g/mol. The lowest BCUT2D eigenvalue weighted by Crippen LogP contribution is -2.38. The van der Waals surface area contributed by atoms with Gasteiger partial charge in [-0.15, -0.1) is 0 Å². The SMILES string of the molecule is Cc1cc(F)ccc1S(=O)(=O)NCC(C)(O)c1ccccc1. The number of aliphatic hydroxyl groups is 1. The minimum Gasteiger partial charge on any atom is -0.384 e. The number of rotatable bonds is 5. The molecule has 2 aromatic rings. The molecule has 6 heteroatoms. The highest BCUT2D eigenvalue weighted by Crippen LogP contribution is 2.21. The first kappa shape index (κ1) is 16.6. The van der Waals surface area contributed by atoms with Gasteiger partial charge < -0.3 is 5.11 Å². The van der Waals surface area contributed by atoms with E-state index in [1.165, 1.54) is 19.9 Å². The van der Waals surface area contributed by atoms with Crippen LogP contribution in [0.25, 0.3) is 0 Å². The Morgan fingerprint density at radius 2 is 1.82 bits per heavy atom. The molecule has 0 amide bonds. The lowest BCUT2D eigenvalue weighted by atomic mass is 9.97. The standard InChI is InChI=1S/C16H18FNO3S/c1-12-10-14(17)8-9-15(12)22(20,21)18-11-16(2,19)13-6-4-3-5-7-13/h3-10,18-19H,11H2,1-2H3. The van der Waals surface area contributed by atoms with E-state index in [9.17, 15) is 17.9 Å². The normalized spacial score (nSPS) is 14.5. The largest absolute Gasteiger partial charge is 0.384 e. The van der Waals surface area contributed by atoms with Crippen LogP contribution in [0.2, 0.25) is 0 Å². The van der Waals surface area contributed by atoms with Gasteiger partial charge in [0.05, 0.1) is 4.90 Å². The van der Waals surface area contributed by atoms with Crippen molar-refractivity contribution >= 4 is 10.0 Å². The molecule has 0 aliphatic heterocycles. The van der Waals surface area contributed by atoms with Crippen molar-refractivity contribution in [1.82, 2.24) is 4.72 Å². The van der Waals surface area contributed by atoms with E-state index in [2.05, 4.69) is 4.72 Å². The molecule has 0 bridgehead atoms. The first-order chi connectivity index (χ1) is 10.2. The molecule has 1 unspecified atom stereocenters. The van der Waals surface area contributed by atoms with Gasteiger partial charge in [-0.3, -0.25) is 0 Å². The maximum Gasteiger partial charge on any atom is 0.240 e. The fourth-order valence-corrected chi connectivity index (χ4v) is 3.48. The quantitative estimate of drug-likeness (QED) is 0.887. The van der Waals surface area contributed by atoms with Crippen molar-refractivity contribution in [2.24, 2.45) is 0 Å². The Balaban J connectivity index is 2.19.